The maximum Gasteiger partial charge on any atom is 0.250 e. The van der Waals surface area contributed by atoms with Crippen molar-refractivity contribution in [2.75, 3.05) is 32.4 Å². The fraction of sp³-hybridized carbons (Fsp3) is 0.353. The number of carbonyl (C=O) groups is 1. The second-order valence-corrected chi connectivity index (χ2v) is 7.91. The largest absolute Gasteiger partial charge is 0.338 e. The van der Waals surface area contributed by atoms with E-state index >= 15 is 0 Å². The number of aromatic nitrogens is 1. The van der Waals surface area contributed by atoms with E-state index in [0.717, 1.165) is 5.56 Å². The SMILES string of the molecule is CS(=O)(=O)N1CCN(C(=O)[C@H](c2ccccc2)n2cccc2)CC1. The molecule has 1 saturated heterocycles. The van der Waals surface area contributed by atoms with Gasteiger partial charge in [0.1, 0.15) is 6.04 Å². The van der Waals surface area contributed by atoms with Crippen molar-refractivity contribution in [3.05, 3.63) is 60.4 Å². The van der Waals surface area contributed by atoms with Crippen LogP contribution in [0.25, 0.3) is 0 Å². The standard InChI is InChI=1S/C17H21N3O3S/c1-24(22,23)20-13-11-19(12-14-20)17(21)16(18-9-5-6-10-18)15-7-3-2-4-8-15/h2-10,16H,11-14H2,1H3/t16-/m0/s1. The van der Waals surface area contributed by atoms with E-state index in [-0.39, 0.29) is 5.91 Å². The van der Waals surface area contributed by atoms with Crippen molar-refractivity contribution in [1.29, 1.82) is 0 Å². The Morgan fingerprint density at radius 1 is 0.958 bits per heavy atom. The van der Waals surface area contributed by atoms with Gasteiger partial charge in [-0.3, -0.25) is 4.79 Å². The molecular formula is C17H21N3O3S. The number of sulfonamides is 1. The predicted molar refractivity (Wildman–Crippen MR) is 92.0 cm³/mol. The monoisotopic (exact) mass is 347 g/mol. The van der Waals surface area contributed by atoms with Crippen LogP contribution in [-0.2, 0) is 14.8 Å². The molecule has 1 aliphatic heterocycles. The van der Waals surface area contributed by atoms with Crippen LogP contribution in [0.3, 0.4) is 0 Å². The first kappa shape index (κ1) is 16.7. The molecule has 0 aliphatic carbocycles. The van der Waals surface area contributed by atoms with Crippen molar-refractivity contribution in [1.82, 2.24) is 13.8 Å². The highest BCUT2D eigenvalue weighted by Crippen LogP contribution is 2.22. The van der Waals surface area contributed by atoms with Crippen LogP contribution in [0.1, 0.15) is 11.6 Å². The van der Waals surface area contributed by atoms with Gasteiger partial charge in [0.2, 0.25) is 15.9 Å². The van der Waals surface area contributed by atoms with Gasteiger partial charge in [0.05, 0.1) is 6.26 Å². The van der Waals surface area contributed by atoms with Crippen molar-refractivity contribution in [2.24, 2.45) is 0 Å². The van der Waals surface area contributed by atoms with E-state index in [2.05, 4.69) is 0 Å². The zero-order valence-electron chi connectivity index (χ0n) is 13.6. The van der Waals surface area contributed by atoms with E-state index in [1.807, 2.05) is 59.4 Å². The van der Waals surface area contributed by atoms with E-state index < -0.39 is 16.1 Å². The third kappa shape index (κ3) is 3.52. The lowest BCUT2D eigenvalue weighted by Gasteiger charge is -2.35. The molecule has 0 radical (unpaired) electrons. The zero-order chi connectivity index (χ0) is 17.2. The topological polar surface area (TPSA) is 62.6 Å². The minimum atomic E-state index is -3.20. The average molecular weight is 347 g/mol. The van der Waals surface area contributed by atoms with Crippen molar-refractivity contribution < 1.29 is 13.2 Å². The molecule has 2 aromatic rings. The van der Waals surface area contributed by atoms with Gasteiger partial charge in [0, 0.05) is 38.6 Å². The van der Waals surface area contributed by atoms with Crippen LogP contribution in [0.15, 0.2) is 54.9 Å². The number of hydrogen-bond donors (Lipinski definition) is 0. The highest BCUT2D eigenvalue weighted by Gasteiger charge is 2.31. The van der Waals surface area contributed by atoms with Crippen molar-refractivity contribution in [3.8, 4) is 0 Å². The lowest BCUT2D eigenvalue weighted by molar-refractivity contribution is -0.134. The molecule has 2 heterocycles. The molecule has 1 atom stereocenters. The number of hydrogen-bond acceptors (Lipinski definition) is 3. The minimum absolute atomic E-state index is 0.00875. The summed E-state index contributed by atoms with van der Waals surface area (Å²) in [6.45, 7) is 1.52. The fourth-order valence-corrected chi connectivity index (χ4v) is 3.84. The molecule has 1 aromatic heterocycles. The van der Waals surface area contributed by atoms with Crippen molar-refractivity contribution >= 4 is 15.9 Å². The molecule has 3 rings (SSSR count). The van der Waals surface area contributed by atoms with Gasteiger partial charge in [-0.25, -0.2) is 8.42 Å². The molecule has 1 amide bonds. The number of piperazine rings is 1. The average Bonchev–Trinajstić information content (AvgIpc) is 3.09. The summed E-state index contributed by atoms with van der Waals surface area (Å²) in [6, 6.07) is 13.0. The Morgan fingerprint density at radius 3 is 2.08 bits per heavy atom. The molecule has 0 saturated carbocycles. The van der Waals surface area contributed by atoms with Crippen molar-refractivity contribution in [2.45, 2.75) is 6.04 Å². The molecule has 6 nitrogen and oxygen atoms in total. The number of rotatable bonds is 4. The van der Waals surface area contributed by atoms with E-state index in [1.54, 1.807) is 4.90 Å². The third-order valence-corrected chi connectivity index (χ3v) is 5.60. The van der Waals surface area contributed by atoms with Gasteiger partial charge in [-0.1, -0.05) is 30.3 Å². The molecule has 128 valence electrons. The second kappa shape index (κ2) is 6.78. The Kier molecular flexibility index (Phi) is 4.73. The molecule has 1 aliphatic rings. The molecule has 24 heavy (non-hydrogen) atoms. The molecule has 0 N–H and O–H groups in total. The summed E-state index contributed by atoms with van der Waals surface area (Å²) in [5.41, 5.74) is 0.921. The van der Waals surface area contributed by atoms with E-state index in [0.29, 0.717) is 26.2 Å². The molecule has 1 fully saturated rings. The van der Waals surface area contributed by atoms with Crippen LogP contribution < -0.4 is 0 Å². The summed E-state index contributed by atoms with van der Waals surface area (Å²) in [5.74, 6) is -0.00875. The van der Waals surface area contributed by atoms with Crippen LogP contribution in [-0.4, -0.2) is 60.5 Å². The third-order valence-electron chi connectivity index (χ3n) is 4.29. The first-order chi connectivity index (χ1) is 11.5. The molecular weight excluding hydrogens is 326 g/mol. The first-order valence-corrected chi connectivity index (χ1v) is 9.73. The Balaban J connectivity index is 1.81. The number of benzene rings is 1. The molecule has 0 unspecified atom stereocenters. The molecule has 0 spiro atoms. The highest BCUT2D eigenvalue weighted by molar-refractivity contribution is 7.88. The van der Waals surface area contributed by atoms with Gasteiger partial charge in [-0.2, -0.15) is 4.31 Å². The summed E-state index contributed by atoms with van der Waals surface area (Å²) >= 11 is 0. The Hall–Kier alpha value is -2.12. The van der Waals surface area contributed by atoms with E-state index in [1.165, 1.54) is 10.6 Å². The maximum atomic E-state index is 13.1. The maximum absolute atomic E-state index is 13.1. The zero-order valence-corrected chi connectivity index (χ0v) is 14.4. The predicted octanol–water partition coefficient (Wildman–Crippen LogP) is 1.18. The number of nitrogens with zero attached hydrogens (tertiary/aromatic N) is 3. The Bertz CT molecular complexity index is 780. The lowest BCUT2D eigenvalue weighted by atomic mass is 10.0. The number of carbonyl (C=O) groups excluding carboxylic acids is 1. The van der Waals surface area contributed by atoms with Gasteiger partial charge in [-0.05, 0) is 17.7 Å². The summed E-state index contributed by atoms with van der Waals surface area (Å²) in [4.78, 5) is 14.8. The van der Waals surface area contributed by atoms with Crippen LogP contribution in [0.5, 0.6) is 0 Å². The summed E-state index contributed by atoms with van der Waals surface area (Å²) < 4.78 is 26.6. The first-order valence-electron chi connectivity index (χ1n) is 7.88. The molecule has 7 heteroatoms. The van der Waals surface area contributed by atoms with Crippen molar-refractivity contribution in [3.63, 3.8) is 0 Å². The normalized spacial score (nSPS) is 17.6. The van der Waals surface area contributed by atoms with Gasteiger partial charge in [0.25, 0.3) is 0 Å². The summed E-state index contributed by atoms with van der Waals surface area (Å²) in [6.07, 6.45) is 4.96. The van der Waals surface area contributed by atoms with Crippen LogP contribution in [0.2, 0.25) is 0 Å². The van der Waals surface area contributed by atoms with E-state index in [9.17, 15) is 13.2 Å². The quantitative estimate of drug-likeness (QED) is 0.834. The minimum Gasteiger partial charge on any atom is -0.338 e. The van der Waals surface area contributed by atoms with Gasteiger partial charge in [-0.15, -0.1) is 0 Å². The van der Waals surface area contributed by atoms with Crippen LogP contribution in [0, 0.1) is 0 Å². The highest BCUT2D eigenvalue weighted by atomic mass is 32.2. The Morgan fingerprint density at radius 2 is 1.54 bits per heavy atom. The van der Waals surface area contributed by atoms with Gasteiger partial charge in [0.15, 0.2) is 0 Å². The van der Waals surface area contributed by atoms with Crippen LogP contribution >= 0.6 is 0 Å². The van der Waals surface area contributed by atoms with E-state index in [4.69, 9.17) is 0 Å². The summed E-state index contributed by atoms with van der Waals surface area (Å²) in [7, 11) is -3.20. The summed E-state index contributed by atoms with van der Waals surface area (Å²) in [5, 5.41) is 0. The van der Waals surface area contributed by atoms with Crippen LogP contribution in [0.4, 0.5) is 0 Å². The second-order valence-electron chi connectivity index (χ2n) is 5.93. The van der Waals surface area contributed by atoms with Gasteiger partial charge < -0.3 is 9.47 Å². The van der Waals surface area contributed by atoms with Gasteiger partial charge >= 0.3 is 0 Å². The smallest absolute Gasteiger partial charge is 0.250 e. The number of amides is 1. The Labute approximate surface area is 142 Å². The fourth-order valence-electron chi connectivity index (χ4n) is 3.01. The molecule has 1 aromatic carbocycles. The molecule has 0 bridgehead atoms. The lowest BCUT2D eigenvalue weighted by Crippen LogP contribution is -2.51.